The molecule has 3 rings (SSSR count). The number of aromatic nitrogens is 2. The predicted octanol–water partition coefficient (Wildman–Crippen LogP) is 3.37. The molecule has 2 aromatic heterocycles. The lowest BCUT2D eigenvalue weighted by Gasteiger charge is -2.15. The smallest absolute Gasteiger partial charge is 0.263 e. The SMILES string of the molecule is Cc1c(C(N)=O)sc2ncn(C(C)C(=O)Nc3cc(Cl)cc(Cl)c3)c(=O)c12. The molecule has 140 valence electrons. The maximum Gasteiger partial charge on any atom is 0.263 e. The summed E-state index contributed by atoms with van der Waals surface area (Å²) in [5, 5.41) is 3.70. The van der Waals surface area contributed by atoms with Crippen LogP contribution in [0.25, 0.3) is 10.2 Å². The monoisotopic (exact) mass is 424 g/mol. The summed E-state index contributed by atoms with van der Waals surface area (Å²) >= 11 is 12.9. The lowest BCUT2D eigenvalue weighted by molar-refractivity contribution is -0.118. The Hall–Kier alpha value is -2.42. The van der Waals surface area contributed by atoms with Crippen molar-refractivity contribution in [2.75, 3.05) is 5.32 Å². The Morgan fingerprint density at radius 2 is 1.89 bits per heavy atom. The third-order valence-corrected chi connectivity index (χ3v) is 5.68. The van der Waals surface area contributed by atoms with Gasteiger partial charge in [0, 0.05) is 15.7 Å². The number of nitrogens with two attached hydrogens (primary N) is 1. The van der Waals surface area contributed by atoms with Crippen LogP contribution in [0, 0.1) is 6.92 Å². The van der Waals surface area contributed by atoms with E-state index in [2.05, 4.69) is 10.3 Å². The van der Waals surface area contributed by atoms with Gasteiger partial charge in [-0.05, 0) is 37.6 Å². The highest BCUT2D eigenvalue weighted by molar-refractivity contribution is 7.20. The number of carbonyl (C=O) groups is 2. The summed E-state index contributed by atoms with van der Waals surface area (Å²) in [5.74, 6) is -1.07. The minimum atomic E-state index is -0.858. The number of thiophene rings is 1. The number of halogens is 2. The summed E-state index contributed by atoms with van der Waals surface area (Å²) in [7, 11) is 0. The van der Waals surface area contributed by atoms with Crippen molar-refractivity contribution >= 4 is 62.3 Å². The third kappa shape index (κ3) is 3.69. The van der Waals surface area contributed by atoms with Crippen LogP contribution in [0.5, 0.6) is 0 Å². The molecular formula is C17H14Cl2N4O3S. The van der Waals surface area contributed by atoms with Crippen molar-refractivity contribution in [2.45, 2.75) is 19.9 Å². The van der Waals surface area contributed by atoms with Gasteiger partial charge in [-0.3, -0.25) is 19.0 Å². The molecule has 0 spiro atoms. The normalized spacial score (nSPS) is 12.1. The predicted molar refractivity (Wildman–Crippen MR) is 107 cm³/mol. The topological polar surface area (TPSA) is 107 Å². The first-order valence-corrected chi connectivity index (χ1v) is 9.33. The average Bonchev–Trinajstić information content (AvgIpc) is 2.91. The Labute approximate surface area is 167 Å². The maximum absolute atomic E-state index is 12.8. The maximum atomic E-state index is 12.8. The zero-order valence-electron chi connectivity index (χ0n) is 14.2. The molecule has 0 aliphatic rings. The second-order valence-electron chi connectivity index (χ2n) is 5.88. The van der Waals surface area contributed by atoms with E-state index in [9.17, 15) is 14.4 Å². The molecule has 3 N–H and O–H groups in total. The molecule has 2 amide bonds. The molecule has 10 heteroatoms. The number of benzene rings is 1. The molecule has 0 radical (unpaired) electrons. The van der Waals surface area contributed by atoms with E-state index in [0.717, 1.165) is 11.3 Å². The lowest BCUT2D eigenvalue weighted by Crippen LogP contribution is -2.31. The quantitative estimate of drug-likeness (QED) is 0.668. The number of carbonyl (C=O) groups excluding carboxylic acids is 2. The highest BCUT2D eigenvalue weighted by Crippen LogP contribution is 2.27. The molecule has 1 aromatic carbocycles. The largest absolute Gasteiger partial charge is 0.365 e. The van der Waals surface area contributed by atoms with E-state index in [-0.39, 0.29) is 10.3 Å². The van der Waals surface area contributed by atoms with Gasteiger partial charge in [-0.25, -0.2) is 4.98 Å². The van der Waals surface area contributed by atoms with Crippen LogP contribution in [0.4, 0.5) is 5.69 Å². The minimum Gasteiger partial charge on any atom is -0.365 e. The molecule has 0 saturated heterocycles. The lowest BCUT2D eigenvalue weighted by atomic mass is 10.2. The molecular weight excluding hydrogens is 411 g/mol. The van der Waals surface area contributed by atoms with E-state index in [1.807, 2.05) is 0 Å². The van der Waals surface area contributed by atoms with Gasteiger partial charge in [0.15, 0.2) is 0 Å². The molecule has 3 aromatic rings. The van der Waals surface area contributed by atoms with Gasteiger partial charge in [0.2, 0.25) is 5.91 Å². The summed E-state index contributed by atoms with van der Waals surface area (Å²) in [6.45, 7) is 3.19. The number of nitrogens with one attached hydrogen (secondary N) is 1. The Kier molecular flexibility index (Phi) is 5.23. The van der Waals surface area contributed by atoms with Crippen molar-refractivity contribution in [3.8, 4) is 0 Å². The minimum absolute atomic E-state index is 0.276. The standard InChI is InChI=1S/C17H14Cl2N4O3S/c1-7-12-16(27-13(7)14(20)24)21-6-23(17(12)26)8(2)15(25)22-11-4-9(18)3-10(19)5-11/h3-6,8H,1-2H3,(H2,20,24)(H,22,25). The van der Waals surface area contributed by atoms with Crippen LogP contribution in [0.1, 0.15) is 28.2 Å². The fourth-order valence-corrected chi connectivity index (χ4v) is 4.16. The van der Waals surface area contributed by atoms with Gasteiger partial charge in [-0.15, -0.1) is 11.3 Å². The van der Waals surface area contributed by atoms with Crippen LogP contribution >= 0.6 is 34.5 Å². The molecule has 2 heterocycles. The van der Waals surface area contributed by atoms with Gasteiger partial charge in [-0.2, -0.15) is 0 Å². The summed E-state index contributed by atoms with van der Waals surface area (Å²) in [6.07, 6.45) is 1.28. The van der Waals surface area contributed by atoms with Gasteiger partial charge in [0.1, 0.15) is 10.9 Å². The Bertz CT molecular complexity index is 1120. The number of hydrogen-bond acceptors (Lipinski definition) is 5. The van der Waals surface area contributed by atoms with Crippen LogP contribution < -0.4 is 16.6 Å². The second-order valence-corrected chi connectivity index (χ2v) is 7.75. The molecule has 0 bridgehead atoms. The van der Waals surface area contributed by atoms with E-state index in [0.29, 0.717) is 26.1 Å². The molecule has 0 aliphatic heterocycles. The number of anilines is 1. The highest BCUT2D eigenvalue weighted by Gasteiger charge is 2.22. The van der Waals surface area contributed by atoms with Crippen molar-refractivity contribution < 1.29 is 9.59 Å². The summed E-state index contributed by atoms with van der Waals surface area (Å²) in [5.41, 5.74) is 5.78. The number of amides is 2. The zero-order chi connectivity index (χ0) is 19.9. The van der Waals surface area contributed by atoms with Gasteiger partial charge < -0.3 is 11.1 Å². The number of aryl methyl sites for hydroxylation is 1. The van der Waals surface area contributed by atoms with Crippen molar-refractivity contribution in [1.29, 1.82) is 0 Å². The van der Waals surface area contributed by atoms with Crippen molar-refractivity contribution in [3.05, 3.63) is 55.4 Å². The highest BCUT2D eigenvalue weighted by atomic mass is 35.5. The van der Waals surface area contributed by atoms with E-state index in [1.54, 1.807) is 32.0 Å². The average molecular weight is 425 g/mol. The molecule has 0 saturated carbocycles. The van der Waals surface area contributed by atoms with Gasteiger partial charge in [-0.1, -0.05) is 23.2 Å². The van der Waals surface area contributed by atoms with E-state index >= 15 is 0 Å². The Morgan fingerprint density at radius 1 is 1.26 bits per heavy atom. The van der Waals surface area contributed by atoms with Crippen LogP contribution in [-0.2, 0) is 4.79 Å². The van der Waals surface area contributed by atoms with E-state index in [1.165, 1.54) is 10.9 Å². The number of nitrogens with zero attached hydrogens (tertiary/aromatic N) is 2. The zero-order valence-corrected chi connectivity index (χ0v) is 16.6. The van der Waals surface area contributed by atoms with Gasteiger partial charge >= 0.3 is 0 Å². The summed E-state index contributed by atoms with van der Waals surface area (Å²) in [6, 6.07) is 3.78. The first kappa shape index (κ1) is 19.3. The van der Waals surface area contributed by atoms with Crippen LogP contribution in [0.2, 0.25) is 10.0 Å². The molecule has 0 aliphatic carbocycles. The first-order chi connectivity index (χ1) is 12.7. The summed E-state index contributed by atoms with van der Waals surface area (Å²) < 4.78 is 1.20. The van der Waals surface area contributed by atoms with E-state index < -0.39 is 23.4 Å². The second kappa shape index (κ2) is 7.30. The van der Waals surface area contributed by atoms with Gasteiger partial charge in [0.25, 0.3) is 11.5 Å². The molecule has 0 fully saturated rings. The van der Waals surface area contributed by atoms with Crippen LogP contribution in [-0.4, -0.2) is 21.4 Å². The van der Waals surface area contributed by atoms with Crippen LogP contribution in [0.3, 0.4) is 0 Å². The number of fused-ring (bicyclic) bond motifs is 1. The molecule has 7 nitrogen and oxygen atoms in total. The number of rotatable bonds is 4. The van der Waals surface area contributed by atoms with E-state index in [4.69, 9.17) is 28.9 Å². The number of hydrogen-bond donors (Lipinski definition) is 2. The van der Waals surface area contributed by atoms with Crippen molar-refractivity contribution in [3.63, 3.8) is 0 Å². The van der Waals surface area contributed by atoms with Crippen molar-refractivity contribution in [2.24, 2.45) is 5.73 Å². The number of primary amides is 1. The van der Waals surface area contributed by atoms with Crippen LogP contribution in [0.15, 0.2) is 29.3 Å². The first-order valence-electron chi connectivity index (χ1n) is 7.76. The fraction of sp³-hybridized carbons (Fsp3) is 0.176. The Balaban J connectivity index is 1.97. The van der Waals surface area contributed by atoms with Crippen molar-refractivity contribution in [1.82, 2.24) is 9.55 Å². The molecule has 1 unspecified atom stereocenters. The van der Waals surface area contributed by atoms with Gasteiger partial charge in [0.05, 0.1) is 16.6 Å². The molecule has 27 heavy (non-hydrogen) atoms. The third-order valence-electron chi connectivity index (χ3n) is 4.03. The Morgan fingerprint density at radius 3 is 2.48 bits per heavy atom. The summed E-state index contributed by atoms with van der Waals surface area (Å²) in [4.78, 5) is 41.8. The molecule has 1 atom stereocenters. The fourth-order valence-electron chi connectivity index (χ4n) is 2.65.